The van der Waals surface area contributed by atoms with Crippen molar-refractivity contribution in [2.24, 2.45) is 0 Å². The molecular formula is C27H37NO3. The van der Waals surface area contributed by atoms with Gasteiger partial charge in [0.1, 0.15) is 0 Å². The number of rotatable bonds is 12. The Balaban J connectivity index is 1.80. The summed E-state index contributed by atoms with van der Waals surface area (Å²) in [5.74, 6) is -0.437. The zero-order valence-corrected chi connectivity index (χ0v) is 19.5. The molecule has 2 rings (SSSR count). The first kappa shape index (κ1) is 24.6. The van der Waals surface area contributed by atoms with Gasteiger partial charge in [0.05, 0.1) is 12.2 Å². The van der Waals surface area contributed by atoms with Crippen LogP contribution in [0.5, 0.6) is 0 Å². The van der Waals surface area contributed by atoms with Gasteiger partial charge in [-0.05, 0) is 74.9 Å². The predicted octanol–water partition coefficient (Wildman–Crippen LogP) is 6.13. The SMILES string of the molecule is CCCCc1ccc(C(=O)NC(C)(C)CCOC(=O)c2ccc(CCCC)cc2)cc1. The number of esters is 1. The van der Waals surface area contributed by atoms with Crippen LogP contribution in [0.15, 0.2) is 48.5 Å². The number of hydrogen-bond acceptors (Lipinski definition) is 3. The number of ether oxygens (including phenoxy) is 1. The van der Waals surface area contributed by atoms with E-state index in [4.69, 9.17) is 4.74 Å². The first-order valence-electron chi connectivity index (χ1n) is 11.5. The fourth-order valence-corrected chi connectivity index (χ4v) is 3.32. The van der Waals surface area contributed by atoms with Crippen molar-refractivity contribution in [3.05, 3.63) is 70.8 Å². The molecule has 4 nitrogen and oxygen atoms in total. The first-order valence-corrected chi connectivity index (χ1v) is 11.5. The molecule has 2 aromatic carbocycles. The molecule has 1 amide bonds. The lowest BCUT2D eigenvalue weighted by molar-refractivity contribution is 0.0472. The average molecular weight is 424 g/mol. The van der Waals surface area contributed by atoms with Gasteiger partial charge in [0.15, 0.2) is 0 Å². The van der Waals surface area contributed by atoms with Gasteiger partial charge in [0, 0.05) is 17.5 Å². The highest BCUT2D eigenvalue weighted by atomic mass is 16.5. The second-order valence-electron chi connectivity index (χ2n) is 8.82. The highest BCUT2D eigenvalue weighted by molar-refractivity contribution is 5.94. The van der Waals surface area contributed by atoms with Crippen molar-refractivity contribution in [1.82, 2.24) is 5.32 Å². The zero-order chi connectivity index (χ0) is 22.7. The highest BCUT2D eigenvalue weighted by Crippen LogP contribution is 2.14. The van der Waals surface area contributed by atoms with Crippen molar-refractivity contribution in [3.8, 4) is 0 Å². The van der Waals surface area contributed by atoms with Gasteiger partial charge in [0.2, 0.25) is 0 Å². The summed E-state index contributed by atoms with van der Waals surface area (Å²) >= 11 is 0. The van der Waals surface area contributed by atoms with Crippen LogP contribution in [0.2, 0.25) is 0 Å². The number of aryl methyl sites for hydroxylation is 2. The third-order valence-corrected chi connectivity index (χ3v) is 5.46. The van der Waals surface area contributed by atoms with Gasteiger partial charge in [-0.15, -0.1) is 0 Å². The summed E-state index contributed by atoms with van der Waals surface area (Å²) in [6, 6.07) is 15.4. The molecule has 31 heavy (non-hydrogen) atoms. The van der Waals surface area contributed by atoms with Crippen molar-refractivity contribution in [2.75, 3.05) is 6.61 Å². The summed E-state index contributed by atoms with van der Waals surface area (Å²) in [6.45, 7) is 8.47. The molecule has 0 bridgehead atoms. The van der Waals surface area contributed by atoms with Crippen LogP contribution in [0, 0.1) is 0 Å². The van der Waals surface area contributed by atoms with E-state index in [0.29, 0.717) is 17.5 Å². The maximum absolute atomic E-state index is 12.6. The van der Waals surface area contributed by atoms with E-state index in [-0.39, 0.29) is 18.5 Å². The van der Waals surface area contributed by atoms with E-state index < -0.39 is 5.54 Å². The first-order chi connectivity index (χ1) is 14.8. The minimum atomic E-state index is -0.484. The van der Waals surface area contributed by atoms with Gasteiger partial charge in [-0.2, -0.15) is 0 Å². The largest absolute Gasteiger partial charge is 0.462 e. The monoisotopic (exact) mass is 423 g/mol. The number of carbonyl (C=O) groups is 2. The fourth-order valence-electron chi connectivity index (χ4n) is 3.32. The predicted molar refractivity (Wildman–Crippen MR) is 127 cm³/mol. The van der Waals surface area contributed by atoms with Gasteiger partial charge < -0.3 is 10.1 Å². The normalized spacial score (nSPS) is 11.2. The van der Waals surface area contributed by atoms with E-state index in [1.807, 2.05) is 62.4 Å². The number of benzene rings is 2. The highest BCUT2D eigenvalue weighted by Gasteiger charge is 2.22. The molecule has 0 saturated carbocycles. The molecule has 0 fully saturated rings. The maximum atomic E-state index is 12.6. The summed E-state index contributed by atoms with van der Waals surface area (Å²) in [6.07, 6.45) is 7.21. The quantitative estimate of drug-likeness (QED) is 0.418. The van der Waals surface area contributed by atoms with Crippen molar-refractivity contribution in [1.29, 1.82) is 0 Å². The molecule has 0 saturated heterocycles. The molecule has 0 aliphatic carbocycles. The Morgan fingerprint density at radius 2 is 1.29 bits per heavy atom. The zero-order valence-electron chi connectivity index (χ0n) is 19.5. The lowest BCUT2D eigenvalue weighted by Gasteiger charge is -2.26. The van der Waals surface area contributed by atoms with Crippen molar-refractivity contribution >= 4 is 11.9 Å². The lowest BCUT2D eigenvalue weighted by Crippen LogP contribution is -2.44. The van der Waals surface area contributed by atoms with Crippen LogP contribution in [0.25, 0.3) is 0 Å². The summed E-state index contributed by atoms with van der Waals surface area (Å²) in [7, 11) is 0. The summed E-state index contributed by atoms with van der Waals surface area (Å²) in [4.78, 5) is 24.9. The van der Waals surface area contributed by atoms with Crippen LogP contribution in [-0.4, -0.2) is 24.0 Å². The van der Waals surface area contributed by atoms with Gasteiger partial charge in [0.25, 0.3) is 5.91 Å². The number of nitrogens with one attached hydrogen (secondary N) is 1. The summed E-state index contributed by atoms with van der Waals surface area (Å²) < 4.78 is 5.44. The van der Waals surface area contributed by atoms with E-state index in [0.717, 1.165) is 38.5 Å². The molecule has 2 aromatic rings. The van der Waals surface area contributed by atoms with E-state index in [2.05, 4.69) is 19.2 Å². The van der Waals surface area contributed by atoms with E-state index in [9.17, 15) is 9.59 Å². The van der Waals surface area contributed by atoms with Gasteiger partial charge in [-0.25, -0.2) is 4.79 Å². The number of hydrogen-bond donors (Lipinski definition) is 1. The summed E-state index contributed by atoms with van der Waals surface area (Å²) in [5, 5.41) is 3.05. The van der Waals surface area contributed by atoms with Crippen LogP contribution in [0.3, 0.4) is 0 Å². The second kappa shape index (κ2) is 12.3. The van der Waals surface area contributed by atoms with E-state index >= 15 is 0 Å². The molecule has 0 unspecified atom stereocenters. The molecule has 0 heterocycles. The smallest absolute Gasteiger partial charge is 0.338 e. The standard InChI is InChI=1S/C27H37NO3/c1-5-7-9-21-11-15-23(16-12-21)25(29)28-27(3,4)19-20-31-26(30)24-17-13-22(14-18-24)10-8-6-2/h11-18H,5-10,19-20H2,1-4H3,(H,28,29). The minimum Gasteiger partial charge on any atom is -0.462 e. The van der Waals surface area contributed by atoms with Gasteiger partial charge >= 0.3 is 5.97 Å². The summed E-state index contributed by atoms with van der Waals surface area (Å²) in [5.41, 5.74) is 3.21. The Morgan fingerprint density at radius 1 is 0.806 bits per heavy atom. The molecule has 0 spiro atoms. The van der Waals surface area contributed by atoms with Crippen LogP contribution < -0.4 is 5.32 Å². The minimum absolute atomic E-state index is 0.110. The lowest BCUT2D eigenvalue weighted by atomic mass is 10.00. The molecular weight excluding hydrogens is 386 g/mol. The van der Waals surface area contributed by atoms with Crippen molar-refractivity contribution < 1.29 is 14.3 Å². The second-order valence-corrected chi connectivity index (χ2v) is 8.82. The molecule has 0 aliphatic rings. The number of unbranched alkanes of at least 4 members (excludes halogenated alkanes) is 2. The molecule has 0 radical (unpaired) electrons. The van der Waals surface area contributed by atoms with Crippen LogP contribution in [-0.2, 0) is 17.6 Å². The molecule has 168 valence electrons. The van der Waals surface area contributed by atoms with Crippen molar-refractivity contribution in [2.45, 2.75) is 78.2 Å². The number of amides is 1. The van der Waals surface area contributed by atoms with E-state index in [1.54, 1.807) is 0 Å². The Hall–Kier alpha value is -2.62. The van der Waals surface area contributed by atoms with Crippen LogP contribution >= 0.6 is 0 Å². The van der Waals surface area contributed by atoms with Crippen LogP contribution in [0.1, 0.15) is 91.6 Å². The van der Waals surface area contributed by atoms with Gasteiger partial charge in [-0.3, -0.25) is 4.79 Å². The maximum Gasteiger partial charge on any atom is 0.338 e. The number of carbonyl (C=O) groups excluding carboxylic acids is 2. The van der Waals surface area contributed by atoms with E-state index in [1.165, 1.54) is 11.1 Å². The Morgan fingerprint density at radius 3 is 1.77 bits per heavy atom. The van der Waals surface area contributed by atoms with Gasteiger partial charge in [-0.1, -0.05) is 51.0 Å². The Kier molecular flexibility index (Phi) is 9.77. The van der Waals surface area contributed by atoms with Crippen LogP contribution in [0.4, 0.5) is 0 Å². The molecule has 0 aromatic heterocycles. The fraction of sp³-hybridized carbons (Fsp3) is 0.481. The third kappa shape index (κ3) is 8.56. The molecule has 4 heteroatoms. The Bertz CT molecular complexity index is 823. The Labute approximate surface area is 187 Å². The molecule has 0 atom stereocenters. The topological polar surface area (TPSA) is 55.4 Å². The third-order valence-electron chi connectivity index (χ3n) is 5.46. The average Bonchev–Trinajstić information content (AvgIpc) is 2.76. The van der Waals surface area contributed by atoms with Crippen molar-refractivity contribution in [3.63, 3.8) is 0 Å². The molecule has 1 N–H and O–H groups in total. The molecule has 0 aliphatic heterocycles.